The van der Waals surface area contributed by atoms with Gasteiger partial charge in [-0.15, -0.1) is 0 Å². The molecule has 0 aliphatic carbocycles. The number of aliphatic hydroxyl groups excluding tert-OH is 1. The van der Waals surface area contributed by atoms with E-state index in [1.54, 1.807) is 0 Å². The number of ether oxygens (including phenoxy) is 1. The third-order valence-corrected chi connectivity index (χ3v) is 3.12. The Kier molecular flexibility index (Phi) is 3.08. The summed E-state index contributed by atoms with van der Waals surface area (Å²) < 4.78 is 10.6. The second kappa shape index (κ2) is 4.88. The summed E-state index contributed by atoms with van der Waals surface area (Å²) in [5, 5.41) is 13.0. The van der Waals surface area contributed by atoms with E-state index in [0.29, 0.717) is 18.3 Å². The highest BCUT2D eigenvalue weighted by Crippen LogP contribution is 2.25. The molecule has 0 bridgehead atoms. The quantitative estimate of drug-likeness (QED) is 0.893. The molecule has 5 nitrogen and oxygen atoms in total. The molecule has 1 aliphatic rings. The number of hydrogen-bond acceptors (Lipinski definition) is 5. The van der Waals surface area contributed by atoms with Gasteiger partial charge in [-0.05, 0) is 24.1 Å². The number of nitrogens with zero attached hydrogens (tertiary/aromatic N) is 2. The molecule has 5 heteroatoms. The van der Waals surface area contributed by atoms with Gasteiger partial charge in [-0.25, -0.2) is 0 Å². The van der Waals surface area contributed by atoms with Crippen LogP contribution in [0.25, 0.3) is 11.5 Å². The van der Waals surface area contributed by atoms with Gasteiger partial charge in [0.1, 0.15) is 0 Å². The van der Waals surface area contributed by atoms with Gasteiger partial charge >= 0.3 is 0 Å². The first kappa shape index (κ1) is 11.4. The zero-order chi connectivity index (χ0) is 12.4. The summed E-state index contributed by atoms with van der Waals surface area (Å²) in [6.07, 6.45) is 0.947. The fourth-order valence-electron chi connectivity index (χ4n) is 2.01. The van der Waals surface area contributed by atoms with Gasteiger partial charge in [0.15, 0.2) is 5.82 Å². The SMILES string of the molecule is OCc1ccc(-c2nc([C@@H]3CCOC3)no2)cc1. The van der Waals surface area contributed by atoms with Gasteiger partial charge in [0.2, 0.25) is 0 Å². The molecule has 94 valence electrons. The van der Waals surface area contributed by atoms with Crippen molar-refractivity contribution < 1.29 is 14.4 Å². The van der Waals surface area contributed by atoms with Crippen LogP contribution in [0.3, 0.4) is 0 Å². The van der Waals surface area contributed by atoms with Crippen LogP contribution in [0.2, 0.25) is 0 Å². The second-order valence-electron chi connectivity index (χ2n) is 4.37. The normalized spacial score (nSPS) is 19.3. The van der Waals surface area contributed by atoms with Crippen molar-refractivity contribution in [2.75, 3.05) is 13.2 Å². The minimum atomic E-state index is 0.0365. The lowest BCUT2D eigenvalue weighted by molar-refractivity contribution is 0.192. The van der Waals surface area contributed by atoms with Crippen molar-refractivity contribution in [3.05, 3.63) is 35.7 Å². The molecule has 1 N–H and O–H groups in total. The lowest BCUT2D eigenvalue weighted by atomic mass is 10.1. The van der Waals surface area contributed by atoms with E-state index in [1.807, 2.05) is 24.3 Å². The van der Waals surface area contributed by atoms with E-state index in [1.165, 1.54) is 0 Å². The van der Waals surface area contributed by atoms with Crippen molar-refractivity contribution in [2.45, 2.75) is 18.9 Å². The minimum absolute atomic E-state index is 0.0365. The van der Waals surface area contributed by atoms with Crippen LogP contribution < -0.4 is 0 Å². The Hall–Kier alpha value is -1.72. The molecule has 3 rings (SSSR count). The topological polar surface area (TPSA) is 68.4 Å². The average molecular weight is 246 g/mol. The zero-order valence-electron chi connectivity index (χ0n) is 9.87. The Morgan fingerprint density at radius 2 is 2.11 bits per heavy atom. The fourth-order valence-corrected chi connectivity index (χ4v) is 2.01. The summed E-state index contributed by atoms with van der Waals surface area (Å²) >= 11 is 0. The van der Waals surface area contributed by atoms with Crippen molar-refractivity contribution >= 4 is 0 Å². The highest BCUT2D eigenvalue weighted by atomic mass is 16.5. The first-order valence-electron chi connectivity index (χ1n) is 5.98. The lowest BCUT2D eigenvalue weighted by Crippen LogP contribution is -1.99. The van der Waals surface area contributed by atoms with Crippen molar-refractivity contribution in [2.24, 2.45) is 0 Å². The summed E-state index contributed by atoms with van der Waals surface area (Å²) in [6.45, 7) is 1.47. The summed E-state index contributed by atoms with van der Waals surface area (Å²) in [5.74, 6) is 1.48. The van der Waals surface area contributed by atoms with Gasteiger partial charge in [0, 0.05) is 18.1 Å². The van der Waals surface area contributed by atoms with E-state index < -0.39 is 0 Å². The predicted octanol–water partition coefficient (Wildman–Crippen LogP) is 1.73. The molecule has 0 amide bonds. The van der Waals surface area contributed by atoms with Crippen LogP contribution in [0.5, 0.6) is 0 Å². The summed E-state index contributed by atoms with van der Waals surface area (Å²) in [4.78, 5) is 4.40. The largest absolute Gasteiger partial charge is 0.392 e. The molecule has 1 atom stereocenters. The van der Waals surface area contributed by atoms with E-state index in [4.69, 9.17) is 14.4 Å². The molecular formula is C13H14N2O3. The van der Waals surface area contributed by atoms with Crippen LogP contribution in [0.15, 0.2) is 28.8 Å². The number of aromatic nitrogens is 2. The first-order valence-corrected chi connectivity index (χ1v) is 5.98. The van der Waals surface area contributed by atoms with Gasteiger partial charge < -0.3 is 14.4 Å². The monoisotopic (exact) mass is 246 g/mol. The Balaban J connectivity index is 1.82. The highest BCUT2D eigenvalue weighted by molar-refractivity contribution is 5.53. The number of aliphatic hydroxyl groups is 1. The van der Waals surface area contributed by atoms with Gasteiger partial charge in [-0.2, -0.15) is 4.98 Å². The maximum absolute atomic E-state index is 8.98. The number of hydrogen-bond donors (Lipinski definition) is 1. The molecule has 0 spiro atoms. The van der Waals surface area contributed by atoms with E-state index >= 15 is 0 Å². The molecule has 1 fully saturated rings. The van der Waals surface area contributed by atoms with Gasteiger partial charge in [-0.3, -0.25) is 0 Å². The molecule has 2 heterocycles. The number of rotatable bonds is 3. The molecular weight excluding hydrogens is 232 g/mol. The second-order valence-corrected chi connectivity index (χ2v) is 4.37. The van der Waals surface area contributed by atoms with E-state index in [-0.39, 0.29) is 12.5 Å². The van der Waals surface area contributed by atoms with Crippen molar-refractivity contribution in [1.29, 1.82) is 0 Å². The molecule has 1 aromatic heterocycles. The van der Waals surface area contributed by atoms with Crippen molar-refractivity contribution in [3.8, 4) is 11.5 Å². The van der Waals surface area contributed by atoms with E-state index in [9.17, 15) is 0 Å². The summed E-state index contributed by atoms with van der Waals surface area (Å²) in [6, 6.07) is 7.43. The minimum Gasteiger partial charge on any atom is -0.392 e. The van der Waals surface area contributed by atoms with Gasteiger partial charge in [-0.1, -0.05) is 17.3 Å². The van der Waals surface area contributed by atoms with Gasteiger partial charge in [0.05, 0.1) is 13.2 Å². The third kappa shape index (κ3) is 2.14. The Bertz CT molecular complexity index is 515. The maximum atomic E-state index is 8.98. The lowest BCUT2D eigenvalue weighted by Gasteiger charge is -1.98. The first-order chi connectivity index (χ1) is 8.86. The Morgan fingerprint density at radius 3 is 2.78 bits per heavy atom. The van der Waals surface area contributed by atoms with Crippen LogP contribution >= 0.6 is 0 Å². The van der Waals surface area contributed by atoms with Crippen LogP contribution in [0.1, 0.15) is 23.7 Å². The van der Waals surface area contributed by atoms with Crippen LogP contribution in [-0.2, 0) is 11.3 Å². The van der Waals surface area contributed by atoms with Crippen molar-refractivity contribution in [1.82, 2.24) is 10.1 Å². The third-order valence-electron chi connectivity index (χ3n) is 3.12. The van der Waals surface area contributed by atoms with E-state index in [2.05, 4.69) is 10.1 Å². The van der Waals surface area contributed by atoms with E-state index in [0.717, 1.165) is 24.2 Å². The maximum Gasteiger partial charge on any atom is 0.257 e. The summed E-state index contributed by atoms with van der Waals surface area (Å²) in [7, 11) is 0. The molecule has 1 aromatic carbocycles. The van der Waals surface area contributed by atoms with Crippen LogP contribution in [0.4, 0.5) is 0 Å². The highest BCUT2D eigenvalue weighted by Gasteiger charge is 2.23. The van der Waals surface area contributed by atoms with Gasteiger partial charge in [0.25, 0.3) is 5.89 Å². The zero-order valence-corrected chi connectivity index (χ0v) is 9.87. The number of benzene rings is 1. The molecule has 1 aliphatic heterocycles. The van der Waals surface area contributed by atoms with Crippen molar-refractivity contribution in [3.63, 3.8) is 0 Å². The molecule has 0 radical (unpaired) electrons. The smallest absolute Gasteiger partial charge is 0.257 e. The molecule has 0 unspecified atom stereocenters. The molecule has 1 saturated heterocycles. The summed E-state index contributed by atoms with van der Waals surface area (Å²) in [5.41, 5.74) is 1.73. The Morgan fingerprint density at radius 1 is 1.28 bits per heavy atom. The predicted molar refractivity (Wildman–Crippen MR) is 63.8 cm³/mol. The van der Waals surface area contributed by atoms with Crippen LogP contribution in [0, 0.1) is 0 Å². The average Bonchev–Trinajstić information content (AvgIpc) is 3.09. The standard InChI is InChI=1S/C13H14N2O3/c16-7-9-1-3-10(4-2-9)13-14-12(15-18-13)11-5-6-17-8-11/h1-4,11,16H,5-8H2/t11-/m1/s1. The fraction of sp³-hybridized carbons (Fsp3) is 0.385. The molecule has 2 aromatic rings. The van der Waals surface area contributed by atoms with Crippen LogP contribution in [-0.4, -0.2) is 28.5 Å². The Labute approximate surface area is 104 Å². The molecule has 18 heavy (non-hydrogen) atoms. The molecule has 0 saturated carbocycles.